The van der Waals surface area contributed by atoms with Crippen LogP contribution in [0.1, 0.15) is 37.5 Å². The molecule has 98 valence electrons. The maximum absolute atomic E-state index is 8.97. The number of thiophene rings is 1. The molecular weight excluding hydrogens is 254 g/mol. The van der Waals surface area contributed by atoms with E-state index < -0.39 is 0 Å². The van der Waals surface area contributed by atoms with Gasteiger partial charge in [0.1, 0.15) is 0 Å². The van der Waals surface area contributed by atoms with Gasteiger partial charge in [-0.1, -0.05) is 43.1 Å². The molecule has 1 aromatic carbocycles. The molecule has 19 heavy (non-hydrogen) atoms. The number of rotatable bonds is 2. The molecule has 4 heteroatoms. The third-order valence-electron chi connectivity index (χ3n) is 4.09. The highest BCUT2D eigenvalue weighted by Gasteiger charge is 2.37. The van der Waals surface area contributed by atoms with Gasteiger partial charge < -0.3 is 0 Å². The Morgan fingerprint density at radius 2 is 2.26 bits per heavy atom. The molecule has 0 spiro atoms. The van der Waals surface area contributed by atoms with Gasteiger partial charge in [0.15, 0.2) is 0 Å². The summed E-state index contributed by atoms with van der Waals surface area (Å²) in [6, 6.07) is 10.6. The molecule has 0 radical (unpaired) electrons. The van der Waals surface area contributed by atoms with E-state index in [1.165, 1.54) is 21.4 Å². The Balaban J connectivity index is 2.11. The molecule has 3 nitrogen and oxygen atoms in total. The molecule has 2 atom stereocenters. The lowest BCUT2D eigenvalue weighted by Gasteiger charge is -2.35. The maximum atomic E-state index is 8.97. The van der Waals surface area contributed by atoms with Crippen LogP contribution >= 0.6 is 11.3 Å². The molecule has 1 aromatic heterocycles. The van der Waals surface area contributed by atoms with Crippen LogP contribution in [0.25, 0.3) is 20.5 Å². The van der Waals surface area contributed by atoms with Gasteiger partial charge in [0.05, 0.1) is 5.54 Å². The fraction of sp³-hybridized carbons (Fsp3) is 0.467. The Bertz CT molecular complexity index is 609. The number of fused-ring (bicyclic) bond motifs is 1. The van der Waals surface area contributed by atoms with Gasteiger partial charge in [-0.15, -0.1) is 11.3 Å². The predicted octanol–water partition coefficient (Wildman–Crippen LogP) is 5.62. The van der Waals surface area contributed by atoms with Gasteiger partial charge in [-0.05, 0) is 41.8 Å². The molecule has 0 saturated heterocycles. The second-order valence-corrected chi connectivity index (χ2v) is 6.65. The zero-order valence-corrected chi connectivity index (χ0v) is 11.9. The van der Waals surface area contributed by atoms with Crippen molar-refractivity contribution in [1.82, 2.24) is 0 Å². The Kier molecular flexibility index (Phi) is 3.21. The van der Waals surface area contributed by atoms with Crippen LogP contribution in [0.2, 0.25) is 0 Å². The van der Waals surface area contributed by atoms with Crippen LogP contribution in [0, 0.1) is 5.92 Å². The van der Waals surface area contributed by atoms with Crippen LogP contribution in [0.15, 0.2) is 35.4 Å². The van der Waals surface area contributed by atoms with E-state index in [9.17, 15) is 0 Å². The average Bonchev–Trinajstić information content (AvgIpc) is 2.83. The highest BCUT2D eigenvalue weighted by molar-refractivity contribution is 7.19. The van der Waals surface area contributed by atoms with Crippen LogP contribution in [0.5, 0.6) is 0 Å². The van der Waals surface area contributed by atoms with Crippen LogP contribution < -0.4 is 0 Å². The van der Waals surface area contributed by atoms with Crippen molar-refractivity contribution in [2.45, 2.75) is 38.1 Å². The average molecular weight is 271 g/mol. The van der Waals surface area contributed by atoms with Gasteiger partial charge in [0.2, 0.25) is 0 Å². The number of azide groups is 1. The van der Waals surface area contributed by atoms with Gasteiger partial charge in [-0.25, -0.2) is 0 Å². The summed E-state index contributed by atoms with van der Waals surface area (Å²) >= 11 is 1.78. The second-order valence-electron chi connectivity index (χ2n) is 5.57. The van der Waals surface area contributed by atoms with Gasteiger partial charge in [-0.3, -0.25) is 0 Å². The summed E-state index contributed by atoms with van der Waals surface area (Å²) in [5, 5.41) is 5.48. The lowest BCUT2D eigenvalue weighted by Crippen LogP contribution is -2.28. The van der Waals surface area contributed by atoms with Crippen LogP contribution in [0.4, 0.5) is 0 Å². The lowest BCUT2D eigenvalue weighted by atomic mass is 9.76. The first kappa shape index (κ1) is 12.5. The summed E-state index contributed by atoms with van der Waals surface area (Å²) < 4.78 is 1.28. The molecule has 1 fully saturated rings. The van der Waals surface area contributed by atoms with E-state index in [2.05, 4.69) is 47.3 Å². The van der Waals surface area contributed by atoms with Crippen LogP contribution in [-0.4, -0.2) is 0 Å². The van der Waals surface area contributed by atoms with Crippen LogP contribution in [-0.2, 0) is 5.54 Å². The molecule has 1 heterocycles. The highest BCUT2D eigenvalue weighted by atomic mass is 32.1. The summed E-state index contributed by atoms with van der Waals surface area (Å²) in [5.74, 6) is 0.629. The van der Waals surface area contributed by atoms with E-state index in [-0.39, 0.29) is 5.54 Å². The molecule has 0 aliphatic heterocycles. The molecule has 0 N–H and O–H groups in total. The summed E-state index contributed by atoms with van der Waals surface area (Å²) in [5.41, 5.74) is 8.66. The summed E-state index contributed by atoms with van der Waals surface area (Å²) in [6.07, 6.45) is 4.35. The first-order valence-corrected chi connectivity index (χ1v) is 7.60. The third-order valence-corrected chi connectivity index (χ3v) is 5.40. The van der Waals surface area contributed by atoms with E-state index in [4.69, 9.17) is 5.53 Å². The minimum Gasteiger partial charge on any atom is -0.140 e. The zero-order valence-electron chi connectivity index (χ0n) is 11.0. The standard InChI is InChI=1S/C15H17N3S/c1-11-5-4-8-15(10-11,17-18-16)14-9-12-6-2-3-7-13(12)19-14/h2-3,6-7,9,11H,4-5,8,10H2,1H3. The maximum Gasteiger partial charge on any atom is 0.0834 e. The SMILES string of the molecule is CC1CCCC(N=[N+]=[N-])(c2cc3ccccc3s2)C1. The monoisotopic (exact) mass is 271 g/mol. The first-order valence-electron chi connectivity index (χ1n) is 6.79. The summed E-state index contributed by atoms with van der Waals surface area (Å²) in [7, 11) is 0. The quantitative estimate of drug-likeness (QED) is 0.387. The summed E-state index contributed by atoms with van der Waals surface area (Å²) in [6.45, 7) is 2.26. The second kappa shape index (κ2) is 4.87. The van der Waals surface area contributed by atoms with Crippen molar-refractivity contribution >= 4 is 21.4 Å². The molecular formula is C15H17N3S. The van der Waals surface area contributed by atoms with Crippen molar-refractivity contribution in [2.24, 2.45) is 11.0 Å². The summed E-state index contributed by atoms with van der Waals surface area (Å²) in [4.78, 5) is 4.38. The zero-order chi connectivity index (χ0) is 13.3. The molecule has 1 aliphatic rings. The molecule has 2 unspecified atom stereocenters. The van der Waals surface area contributed by atoms with Gasteiger partial charge in [0, 0.05) is 14.5 Å². The number of hydrogen-bond acceptors (Lipinski definition) is 2. The Morgan fingerprint density at radius 1 is 1.42 bits per heavy atom. The normalized spacial score (nSPS) is 27.1. The number of nitrogens with zero attached hydrogens (tertiary/aromatic N) is 3. The van der Waals surface area contributed by atoms with Crippen molar-refractivity contribution in [2.75, 3.05) is 0 Å². The van der Waals surface area contributed by atoms with E-state index in [0.717, 1.165) is 19.3 Å². The van der Waals surface area contributed by atoms with Gasteiger partial charge in [-0.2, -0.15) is 0 Å². The van der Waals surface area contributed by atoms with Crippen molar-refractivity contribution in [3.8, 4) is 0 Å². The van der Waals surface area contributed by atoms with E-state index in [1.54, 1.807) is 11.3 Å². The largest absolute Gasteiger partial charge is 0.140 e. The third kappa shape index (κ3) is 2.22. The number of benzene rings is 1. The molecule has 2 aromatic rings. The minimum atomic E-state index is -0.309. The molecule has 1 saturated carbocycles. The topological polar surface area (TPSA) is 48.8 Å². The van der Waals surface area contributed by atoms with Crippen molar-refractivity contribution < 1.29 is 0 Å². The lowest BCUT2D eigenvalue weighted by molar-refractivity contribution is 0.243. The smallest absolute Gasteiger partial charge is 0.0834 e. The van der Waals surface area contributed by atoms with E-state index in [1.807, 2.05) is 0 Å². The Hall–Kier alpha value is -1.51. The van der Waals surface area contributed by atoms with Crippen molar-refractivity contribution in [1.29, 1.82) is 0 Å². The Morgan fingerprint density at radius 3 is 3.00 bits per heavy atom. The minimum absolute atomic E-state index is 0.309. The fourth-order valence-electron chi connectivity index (χ4n) is 3.18. The molecule has 1 aliphatic carbocycles. The van der Waals surface area contributed by atoms with Crippen molar-refractivity contribution in [3.05, 3.63) is 45.7 Å². The first-order chi connectivity index (χ1) is 9.23. The van der Waals surface area contributed by atoms with E-state index >= 15 is 0 Å². The van der Waals surface area contributed by atoms with E-state index in [0.29, 0.717) is 5.92 Å². The number of hydrogen-bond donors (Lipinski definition) is 0. The van der Waals surface area contributed by atoms with Gasteiger partial charge >= 0.3 is 0 Å². The Labute approximate surface area is 116 Å². The van der Waals surface area contributed by atoms with Gasteiger partial charge in [0.25, 0.3) is 0 Å². The van der Waals surface area contributed by atoms with Crippen LogP contribution in [0.3, 0.4) is 0 Å². The highest BCUT2D eigenvalue weighted by Crippen LogP contribution is 2.46. The molecule has 0 bridgehead atoms. The fourth-order valence-corrected chi connectivity index (χ4v) is 4.41. The molecule has 3 rings (SSSR count). The van der Waals surface area contributed by atoms with Crippen molar-refractivity contribution in [3.63, 3.8) is 0 Å². The predicted molar refractivity (Wildman–Crippen MR) is 80.3 cm³/mol. The molecule has 0 amide bonds.